The zero-order valence-corrected chi connectivity index (χ0v) is 17.3. The van der Waals surface area contributed by atoms with Crippen molar-refractivity contribution in [2.45, 2.75) is 26.8 Å². The van der Waals surface area contributed by atoms with Crippen molar-refractivity contribution < 1.29 is 13.6 Å². The van der Waals surface area contributed by atoms with Gasteiger partial charge in [0.05, 0.1) is 17.0 Å². The number of rotatable bonds is 2. The molecule has 1 amide bonds. The summed E-state index contributed by atoms with van der Waals surface area (Å²) in [4.78, 5) is 33.0. The summed E-state index contributed by atoms with van der Waals surface area (Å²) in [6.45, 7) is 5.68. The van der Waals surface area contributed by atoms with Gasteiger partial charge in [0, 0.05) is 5.69 Å². The van der Waals surface area contributed by atoms with Gasteiger partial charge in [0.15, 0.2) is 5.43 Å². The summed E-state index contributed by atoms with van der Waals surface area (Å²) in [6.07, 6.45) is 0. The van der Waals surface area contributed by atoms with Crippen molar-refractivity contribution in [2.75, 3.05) is 4.90 Å². The van der Waals surface area contributed by atoms with Crippen LogP contribution in [0.15, 0.2) is 63.8 Å². The molecule has 0 saturated carbocycles. The van der Waals surface area contributed by atoms with E-state index in [4.69, 9.17) is 4.42 Å². The van der Waals surface area contributed by atoms with Crippen LogP contribution in [-0.2, 0) is 0 Å². The molecule has 0 radical (unpaired) electrons. The van der Waals surface area contributed by atoms with Gasteiger partial charge in [-0.25, -0.2) is 9.37 Å². The van der Waals surface area contributed by atoms with Crippen molar-refractivity contribution in [3.8, 4) is 0 Å². The Morgan fingerprint density at radius 2 is 1.68 bits per heavy atom. The smallest absolute Gasteiger partial charge is 0.296 e. The SMILES string of the molecule is Cc1cccc(N2C(=O)c3oc4cc(C)c(C)cc4c(=O)c3[C@@H]2c2ccc(F)cc2)n1. The molecule has 6 heteroatoms. The number of fused-ring (bicyclic) bond motifs is 2. The maximum absolute atomic E-state index is 13.6. The highest BCUT2D eigenvalue weighted by Crippen LogP contribution is 2.40. The Morgan fingerprint density at radius 3 is 2.39 bits per heavy atom. The summed E-state index contributed by atoms with van der Waals surface area (Å²) in [7, 11) is 0. The Kier molecular flexibility index (Phi) is 4.25. The molecule has 2 aromatic heterocycles. The number of halogens is 1. The van der Waals surface area contributed by atoms with Gasteiger partial charge < -0.3 is 4.42 Å². The molecule has 0 aliphatic carbocycles. The van der Waals surface area contributed by atoms with Gasteiger partial charge in [0.25, 0.3) is 5.91 Å². The van der Waals surface area contributed by atoms with Gasteiger partial charge in [-0.05, 0) is 73.9 Å². The molecule has 3 heterocycles. The van der Waals surface area contributed by atoms with Crippen LogP contribution in [0.2, 0.25) is 0 Å². The normalized spacial score (nSPS) is 15.5. The van der Waals surface area contributed by atoms with Crippen molar-refractivity contribution in [2.24, 2.45) is 0 Å². The van der Waals surface area contributed by atoms with Crippen LogP contribution < -0.4 is 10.3 Å². The molecule has 0 spiro atoms. The summed E-state index contributed by atoms with van der Waals surface area (Å²) in [5.74, 6) is -0.440. The Morgan fingerprint density at radius 1 is 0.968 bits per heavy atom. The number of hydrogen-bond acceptors (Lipinski definition) is 4. The highest BCUT2D eigenvalue weighted by molar-refractivity contribution is 6.10. The summed E-state index contributed by atoms with van der Waals surface area (Å²) < 4.78 is 19.6. The van der Waals surface area contributed by atoms with Gasteiger partial charge in [0.2, 0.25) is 5.76 Å². The zero-order chi connectivity index (χ0) is 21.9. The third-order valence-electron chi connectivity index (χ3n) is 5.79. The van der Waals surface area contributed by atoms with E-state index in [1.54, 1.807) is 36.4 Å². The molecule has 4 aromatic rings. The third-order valence-corrected chi connectivity index (χ3v) is 5.79. The third kappa shape index (κ3) is 2.94. The Balaban J connectivity index is 1.83. The average Bonchev–Trinajstić information content (AvgIpc) is 3.03. The molecular weight excluding hydrogens is 395 g/mol. The first-order valence-corrected chi connectivity index (χ1v) is 9.96. The van der Waals surface area contributed by atoms with Gasteiger partial charge in [-0.15, -0.1) is 0 Å². The number of amides is 1. The van der Waals surface area contributed by atoms with Gasteiger partial charge in [-0.2, -0.15) is 0 Å². The summed E-state index contributed by atoms with van der Waals surface area (Å²) >= 11 is 0. The molecule has 1 aliphatic rings. The largest absolute Gasteiger partial charge is 0.450 e. The Bertz CT molecular complexity index is 1420. The molecule has 0 saturated heterocycles. The number of hydrogen-bond donors (Lipinski definition) is 0. The lowest BCUT2D eigenvalue weighted by Gasteiger charge is -2.24. The first kappa shape index (κ1) is 19.2. The summed E-state index contributed by atoms with van der Waals surface area (Å²) in [6, 6.07) is 13.9. The van der Waals surface area contributed by atoms with Crippen molar-refractivity contribution in [3.05, 3.63) is 104 Å². The van der Waals surface area contributed by atoms with Crippen LogP contribution in [0.4, 0.5) is 10.2 Å². The minimum atomic E-state index is -0.764. The van der Waals surface area contributed by atoms with Crippen LogP contribution in [0.3, 0.4) is 0 Å². The van der Waals surface area contributed by atoms with Crippen LogP contribution in [0.5, 0.6) is 0 Å². The van der Waals surface area contributed by atoms with Crippen LogP contribution in [0.25, 0.3) is 11.0 Å². The molecule has 2 aromatic carbocycles. The fourth-order valence-corrected chi connectivity index (χ4v) is 4.09. The summed E-state index contributed by atoms with van der Waals surface area (Å²) in [5.41, 5.74) is 3.61. The number of carbonyl (C=O) groups is 1. The first-order chi connectivity index (χ1) is 14.8. The molecule has 31 heavy (non-hydrogen) atoms. The molecule has 5 nitrogen and oxygen atoms in total. The number of benzene rings is 2. The van der Waals surface area contributed by atoms with Gasteiger partial charge in [-0.1, -0.05) is 18.2 Å². The van der Waals surface area contributed by atoms with Crippen molar-refractivity contribution >= 4 is 22.7 Å². The molecule has 0 fully saturated rings. The first-order valence-electron chi connectivity index (χ1n) is 9.96. The van der Waals surface area contributed by atoms with E-state index in [1.165, 1.54) is 17.0 Å². The van der Waals surface area contributed by atoms with Gasteiger partial charge >= 0.3 is 0 Å². The van der Waals surface area contributed by atoms with Crippen molar-refractivity contribution in [3.63, 3.8) is 0 Å². The highest BCUT2D eigenvalue weighted by atomic mass is 19.1. The Hall–Kier alpha value is -3.80. The van der Waals surface area contributed by atoms with E-state index in [1.807, 2.05) is 26.8 Å². The minimum Gasteiger partial charge on any atom is -0.450 e. The van der Waals surface area contributed by atoms with E-state index in [-0.39, 0.29) is 16.8 Å². The molecule has 5 rings (SSSR count). The van der Waals surface area contributed by atoms with Crippen LogP contribution in [-0.4, -0.2) is 10.9 Å². The van der Waals surface area contributed by atoms with Crippen molar-refractivity contribution in [1.29, 1.82) is 0 Å². The molecule has 1 atom stereocenters. The summed E-state index contributed by atoms with van der Waals surface area (Å²) in [5, 5.41) is 0.417. The topological polar surface area (TPSA) is 63.4 Å². The van der Waals surface area contributed by atoms with Gasteiger partial charge in [0.1, 0.15) is 17.2 Å². The number of aromatic nitrogens is 1. The average molecular weight is 414 g/mol. The van der Waals surface area contributed by atoms with E-state index < -0.39 is 17.8 Å². The molecule has 154 valence electrons. The van der Waals surface area contributed by atoms with E-state index in [9.17, 15) is 14.0 Å². The van der Waals surface area contributed by atoms with Crippen LogP contribution in [0.1, 0.15) is 44.5 Å². The number of pyridine rings is 1. The second-order valence-corrected chi connectivity index (χ2v) is 7.87. The van der Waals surface area contributed by atoms with Gasteiger partial charge in [-0.3, -0.25) is 14.5 Å². The fourth-order valence-electron chi connectivity index (χ4n) is 4.09. The number of nitrogens with zero attached hydrogens (tertiary/aromatic N) is 2. The monoisotopic (exact) mass is 414 g/mol. The number of aryl methyl sites for hydroxylation is 3. The quantitative estimate of drug-likeness (QED) is 0.463. The molecular formula is C25H19FN2O3. The van der Waals surface area contributed by atoms with Crippen molar-refractivity contribution in [1.82, 2.24) is 4.98 Å². The Labute approximate surface area is 177 Å². The number of carbonyl (C=O) groups excluding carboxylic acids is 1. The second kappa shape index (κ2) is 6.87. The second-order valence-electron chi connectivity index (χ2n) is 7.87. The molecule has 0 N–H and O–H groups in total. The van der Waals surface area contributed by atoms with E-state index in [0.717, 1.165) is 16.8 Å². The van der Waals surface area contributed by atoms with E-state index in [2.05, 4.69) is 4.98 Å². The minimum absolute atomic E-state index is 0.00150. The maximum atomic E-state index is 13.6. The maximum Gasteiger partial charge on any atom is 0.296 e. The lowest BCUT2D eigenvalue weighted by atomic mass is 9.97. The highest BCUT2D eigenvalue weighted by Gasteiger charge is 2.44. The molecule has 1 aliphatic heterocycles. The standard InChI is InChI=1S/C25H19FN2O3/c1-13-11-18-19(12-14(13)2)31-24-21(23(18)29)22(16-7-9-17(26)10-8-16)28(25(24)30)20-6-4-5-15(3)27-20/h4-12,22H,1-3H3/t22-/m0/s1. The lowest BCUT2D eigenvalue weighted by molar-refractivity contribution is 0.0970. The van der Waals surface area contributed by atoms with Crippen LogP contribution in [0, 0.1) is 26.6 Å². The van der Waals surface area contributed by atoms with E-state index in [0.29, 0.717) is 22.4 Å². The molecule has 0 unspecified atom stereocenters. The lowest BCUT2D eigenvalue weighted by Crippen LogP contribution is -2.30. The van der Waals surface area contributed by atoms with Crippen LogP contribution >= 0.6 is 0 Å². The van der Waals surface area contributed by atoms with E-state index >= 15 is 0 Å². The molecule has 0 bridgehead atoms. The predicted octanol–water partition coefficient (Wildman–Crippen LogP) is 5.00. The predicted molar refractivity (Wildman–Crippen MR) is 116 cm³/mol. The zero-order valence-electron chi connectivity index (χ0n) is 17.3. The number of anilines is 1. The fraction of sp³-hybridized carbons (Fsp3) is 0.160.